The molecule has 0 spiro atoms. The molecule has 0 unspecified atom stereocenters. The number of anilines is 1. The molecule has 0 atom stereocenters. The van der Waals surface area contributed by atoms with E-state index in [1.54, 1.807) is 42.5 Å². The first-order valence-electron chi connectivity index (χ1n) is 10.4. The fourth-order valence-corrected chi connectivity index (χ4v) is 3.25. The summed E-state index contributed by atoms with van der Waals surface area (Å²) in [5, 5.41) is 5.53. The molecular formula is C27H23N3O3. The van der Waals surface area contributed by atoms with Crippen LogP contribution in [0.4, 0.5) is 5.69 Å². The Bertz CT molecular complexity index is 1280. The number of nitrogens with one attached hydrogen (secondary N) is 2. The average molecular weight is 437 g/mol. The predicted molar refractivity (Wildman–Crippen MR) is 129 cm³/mol. The number of carbonyl (C=O) groups is 2. The second-order valence-electron chi connectivity index (χ2n) is 7.37. The molecule has 0 saturated heterocycles. The highest BCUT2D eigenvalue weighted by Gasteiger charge is 2.16. The molecule has 0 aliphatic carbocycles. The first-order valence-corrected chi connectivity index (χ1v) is 10.4. The maximum atomic E-state index is 13.0. The third-order valence-corrected chi connectivity index (χ3v) is 4.90. The first-order chi connectivity index (χ1) is 16.1. The summed E-state index contributed by atoms with van der Waals surface area (Å²) in [6, 6.07) is 29.1. The molecule has 6 heteroatoms. The van der Waals surface area contributed by atoms with Gasteiger partial charge < -0.3 is 20.8 Å². The second-order valence-corrected chi connectivity index (χ2v) is 7.37. The summed E-state index contributed by atoms with van der Waals surface area (Å²) in [7, 11) is 0. The van der Waals surface area contributed by atoms with Crippen LogP contribution in [-0.2, 0) is 11.3 Å². The Balaban J connectivity index is 1.57. The van der Waals surface area contributed by atoms with E-state index in [9.17, 15) is 9.59 Å². The Labute approximate surface area is 191 Å². The first kappa shape index (κ1) is 21.6. The van der Waals surface area contributed by atoms with Gasteiger partial charge in [-0.05, 0) is 42.0 Å². The molecule has 0 aliphatic heterocycles. The van der Waals surface area contributed by atoms with Crippen LogP contribution in [0.25, 0.3) is 17.4 Å². The molecule has 2 amide bonds. The molecule has 0 radical (unpaired) electrons. The van der Waals surface area contributed by atoms with Crippen LogP contribution in [0.2, 0.25) is 0 Å². The molecule has 4 N–H and O–H groups in total. The fourth-order valence-electron chi connectivity index (χ4n) is 3.25. The molecule has 1 heterocycles. The normalized spacial score (nSPS) is 11.1. The van der Waals surface area contributed by atoms with Crippen molar-refractivity contribution in [3.63, 3.8) is 0 Å². The van der Waals surface area contributed by atoms with E-state index in [4.69, 9.17) is 10.2 Å². The van der Waals surface area contributed by atoms with Crippen molar-refractivity contribution in [3.05, 3.63) is 120 Å². The minimum absolute atomic E-state index is 0.0710. The summed E-state index contributed by atoms with van der Waals surface area (Å²) in [6.45, 7) is 0.260. The van der Waals surface area contributed by atoms with Crippen molar-refractivity contribution >= 4 is 23.6 Å². The monoisotopic (exact) mass is 437 g/mol. The number of nitrogens with two attached hydrogens (primary N) is 1. The standard InChI is InChI=1S/C27H23N3O3/c28-22-13-7-8-19(16-22)18-29-27(32)24(30-26(31)21-11-5-2-6-12-21)17-23-14-15-25(33-23)20-9-3-1-4-10-20/h1-17H,18,28H2,(H,29,32)(H,30,31). The number of carbonyl (C=O) groups excluding carboxylic acids is 2. The van der Waals surface area contributed by atoms with Gasteiger partial charge in [0.2, 0.25) is 0 Å². The Morgan fingerprint density at radius 3 is 2.30 bits per heavy atom. The van der Waals surface area contributed by atoms with Crippen LogP contribution in [0.3, 0.4) is 0 Å². The topological polar surface area (TPSA) is 97.4 Å². The van der Waals surface area contributed by atoms with Gasteiger partial charge in [-0.2, -0.15) is 0 Å². The van der Waals surface area contributed by atoms with E-state index in [-0.39, 0.29) is 12.2 Å². The summed E-state index contributed by atoms with van der Waals surface area (Å²) in [4.78, 5) is 25.7. The van der Waals surface area contributed by atoms with E-state index in [1.807, 2.05) is 54.6 Å². The van der Waals surface area contributed by atoms with Crippen molar-refractivity contribution in [1.82, 2.24) is 10.6 Å². The summed E-state index contributed by atoms with van der Waals surface area (Å²) in [6.07, 6.45) is 1.52. The Kier molecular flexibility index (Phi) is 6.66. The summed E-state index contributed by atoms with van der Waals surface area (Å²) >= 11 is 0. The number of furan rings is 1. The number of hydrogen-bond donors (Lipinski definition) is 3. The quantitative estimate of drug-likeness (QED) is 0.290. The summed E-state index contributed by atoms with van der Waals surface area (Å²) in [5.74, 6) is 0.266. The van der Waals surface area contributed by atoms with E-state index >= 15 is 0 Å². The van der Waals surface area contributed by atoms with Gasteiger partial charge in [-0.25, -0.2) is 0 Å². The Morgan fingerprint density at radius 2 is 1.58 bits per heavy atom. The van der Waals surface area contributed by atoms with Crippen LogP contribution in [0.5, 0.6) is 0 Å². The van der Waals surface area contributed by atoms with Gasteiger partial charge in [0.15, 0.2) is 0 Å². The van der Waals surface area contributed by atoms with E-state index in [0.29, 0.717) is 22.8 Å². The van der Waals surface area contributed by atoms with E-state index in [1.165, 1.54) is 6.08 Å². The zero-order chi connectivity index (χ0) is 23.0. The van der Waals surface area contributed by atoms with Crippen LogP contribution in [0, 0.1) is 0 Å². The third-order valence-electron chi connectivity index (χ3n) is 4.90. The predicted octanol–water partition coefficient (Wildman–Crippen LogP) is 4.62. The molecule has 0 aliphatic rings. The fraction of sp³-hybridized carbons (Fsp3) is 0.0370. The third kappa shape index (κ3) is 5.77. The minimum atomic E-state index is -0.445. The molecule has 164 valence electrons. The summed E-state index contributed by atoms with van der Waals surface area (Å²) < 4.78 is 5.89. The van der Waals surface area contributed by atoms with Crippen molar-refractivity contribution in [2.45, 2.75) is 6.54 Å². The van der Waals surface area contributed by atoms with E-state index in [2.05, 4.69) is 10.6 Å². The van der Waals surface area contributed by atoms with Crippen molar-refractivity contribution in [2.75, 3.05) is 5.73 Å². The van der Waals surface area contributed by atoms with Crippen molar-refractivity contribution < 1.29 is 14.0 Å². The van der Waals surface area contributed by atoms with Crippen LogP contribution in [0.1, 0.15) is 21.7 Å². The lowest BCUT2D eigenvalue weighted by Crippen LogP contribution is -2.34. The van der Waals surface area contributed by atoms with Gasteiger partial charge in [0.25, 0.3) is 11.8 Å². The average Bonchev–Trinajstić information content (AvgIpc) is 3.32. The van der Waals surface area contributed by atoms with Crippen LogP contribution in [0.15, 0.2) is 107 Å². The largest absolute Gasteiger partial charge is 0.457 e. The van der Waals surface area contributed by atoms with Crippen LogP contribution >= 0.6 is 0 Å². The molecule has 3 aromatic carbocycles. The van der Waals surface area contributed by atoms with Crippen molar-refractivity contribution in [1.29, 1.82) is 0 Å². The van der Waals surface area contributed by atoms with Gasteiger partial charge >= 0.3 is 0 Å². The maximum absolute atomic E-state index is 13.0. The van der Waals surface area contributed by atoms with Crippen molar-refractivity contribution in [3.8, 4) is 11.3 Å². The highest BCUT2D eigenvalue weighted by Crippen LogP contribution is 2.23. The Morgan fingerprint density at radius 1 is 0.848 bits per heavy atom. The number of benzene rings is 3. The van der Waals surface area contributed by atoms with E-state index in [0.717, 1.165) is 11.1 Å². The maximum Gasteiger partial charge on any atom is 0.268 e. The zero-order valence-corrected chi connectivity index (χ0v) is 17.8. The van der Waals surface area contributed by atoms with Crippen molar-refractivity contribution in [2.24, 2.45) is 0 Å². The molecule has 4 aromatic rings. The molecule has 1 aromatic heterocycles. The lowest BCUT2D eigenvalue weighted by molar-refractivity contribution is -0.117. The number of hydrogen-bond acceptors (Lipinski definition) is 4. The smallest absolute Gasteiger partial charge is 0.268 e. The summed E-state index contributed by atoms with van der Waals surface area (Å²) in [5.41, 5.74) is 8.70. The van der Waals surface area contributed by atoms with E-state index < -0.39 is 11.8 Å². The molecule has 0 fully saturated rings. The minimum Gasteiger partial charge on any atom is -0.457 e. The van der Waals surface area contributed by atoms with Crippen LogP contribution < -0.4 is 16.4 Å². The lowest BCUT2D eigenvalue weighted by Gasteiger charge is -2.11. The molecule has 0 bridgehead atoms. The van der Waals surface area contributed by atoms with Gasteiger partial charge in [0.1, 0.15) is 17.2 Å². The molecule has 4 rings (SSSR count). The van der Waals surface area contributed by atoms with Gasteiger partial charge in [0, 0.05) is 29.4 Å². The molecule has 6 nitrogen and oxygen atoms in total. The van der Waals surface area contributed by atoms with Gasteiger partial charge in [0.05, 0.1) is 0 Å². The number of nitrogen functional groups attached to an aromatic ring is 1. The molecular weight excluding hydrogens is 414 g/mol. The van der Waals surface area contributed by atoms with Gasteiger partial charge in [-0.1, -0.05) is 60.7 Å². The Hall–Kier alpha value is -4.58. The highest BCUT2D eigenvalue weighted by atomic mass is 16.3. The second kappa shape index (κ2) is 10.2. The van der Waals surface area contributed by atoms with Crippen LogP contribution in [-0.4, -0.2) is 11.8 Å². The lowest BCUT2D eigenvalue weighted by atomic mass is 10.2. The zero-order valence-electron chi connectivity index (χ0n) is 17.8. The number of amides is 2. The van der Waals surface area contributed by atoms with Gasteiger partial charge in [-0.3, -0.25) is 9.59 Å². The van der Waals surface area contributed by atoms with Gasteiger partial charge in [-0.15, -0.1) is 0 Å². The molecule has 0 saturated carbocycles. The molecule has 33 heavy (non-hydrogen) atoms. The highest BCUT2D eigenvalue weighted by molar-refractivity contribution is 6.05. The SMILES string of the molecule is Nc1cccc(CNC(=O)C(=Cc2ccc(-c3ccccc3)o2)NC(=O)c2ccccc2)c1. The number of rotatable bonds is 7.